The van der Waals surface area contributed by atoms with E-state index in [1.807, 2.05) is 0 Å². The number of unbranched alkanes of at least 4 members (excludes halogenated alkanes) is 8. The molecule has 0 aromatic heterocycles. The van der Waals surface area contributed by atoms with Gasteiger partial charge in [-0.1, -0.05) is 86.0 Å². The lowest BCUT2D eigenvalue weighted by atomic mass is 10.0. The van der Waals surface area contributed by atoms with Crippen LogP contribution in [0.2, 0.25) is 0 Å². The molecule has 0 N–H and O–H groups in total. The van der Waals surface area contributed by atoms with Crippen molar-refractivity contribution in [1.82, 2.24) is 9.80 Å². The monoisotopic (exact) mass is 395 g/mol. The van der Waals surface area contributed by atoms with Crippen LogP contribution in [0.15, 0.2) is 0 Å². The molecule has 0 saturated carbocycles. The van der Waals surface area contributed by atoms with E-state index in [0.717, 1.165) is 0 Å². The normalized spacial score (nSPS) is 12.0. The Morgan fingerprint density at radius 2 is 0.750 bits per heavy atom. The van der Waals surface area contributed by atoms with E-state index in [4.69, 9.17) is 0 Å². The molecular weight excluding hydrogens is 340 g/mol. The number of hydrogen-bond acceptors (Lipinski definition) is 2. The van der Waals surface area contributed by atoms with Crippen molar-refractivity contribution < 1.29 is 0 Å². The second kappa shape index (κ2) is 21.6. The van der Waals surface area contributed by atoms with E-state index in [2.05, 4.69) is 44.4 Å². The zero-order valence-corrected chi connectivity index (χ0v) is 20.3. The predicted molar refractivity (Wildman–Crippen MR) is 129 cm³/mol. The third-order valence-corrected chi connectivity index (χ3v) is 6.02. The Bertz CT molecular complexity index is 244. The van der Waals surface area contributed by atoms with Gasteiger partial charge in [0, 0.05) is 0 Å². The van der Waals surface area contributed by atoms with Crippen molar-refractivity contribution in [2.45, 2.75) is 118 Å². The molecular formula is C26H55N2. The second-order valence-electron chi connectivity index (χ2n) is 8.96. The fourth-order valence-corrected chi connectivity index (χ4v) is 3.89. The predicted octanol–water partition coefficient (Wildman–Crippen LogP) is 7.58. The summed E-state index contributed by atoms with van der Waals surface area (Å²) in [5, 5.41) is 0. The van der Waals surface area contributed by atoms with Crippen LogP contribution >= 0.6 is 0 Å². The Balaban J connectivity index is 4.19. The summed E-state index contributed by atoms with van der Waals surface area (Å²) in [6.07, 6.45) is 18.8. The first-order chi connectivity index (χ1) is 13.7. The highest BCUT2D eigenvalue weighted by atomic mass is 15.1. The number of hydrogen-bond donors (Lipinski definition) is 0. The van der Waals surface area contributed by atoms with Gasteiger partial charge in [-0.2, -0.15) is 0 Å². The fraction of sp³-hybridized carbons (Fsp3) is 0.962. The van der Waals surface area contributed by atoms with Crippen LogP contribution in [0.25, 0.3) is 0 Å². The molecule has 0 saturated heterocycles. The summed E-state index contributed by atoms with van der Waals surface area (Å²) in [5.74, 6) is 0.611. The Hall–Kier alpha value is -0.0800. The molecule has 1 radical (unpaired) electrons. The largest absolute Gasteiger partial charge is 0.303 e. The molecule has 0 bridgehead atoms. The highest BCUT2D eigenvalue weighted by Crippen LogP contribution is 2.13. The summed E-state index contributed by atoms with van der Waals surface area (Å²) >= 11 is 0. The summed E-state index contributed by atoms with van der Waals surface area (Å²) in [7, 11) is 0. The average Bonchev–Trinajstić information content (AvgIpc) is 2.70. The van der Waals surface area contributed by atoms with Crippen LogP contribution in [0.4, 0.5) is 0 Å². The Morgan fingerprint density at radius 1 is 0.464 bits per heavy atom. The smallest absolute Gasteiger partial charge is 0.00161 e. The molecule has 2 nitrogen and oxygen atoms in total. The lowest BCUT2D eigenvalue weighted by Crippen LogP contribution is -2.30. The average molecular weight is 396 g/mol. The van der Waals surface area contributed by atoms with Gasteiger partial charge < -0.3 is 9.80 Å². The molecule has 0 rings (SSSR count). The first-order valence-electron chi connectivity index (χ1n) is 13.0. The van der Waals surface area contributed by atoms with Crippen molar-refractivity contribution in [1.29, 1.82) is 0 Å². The maximum absolute atomic E-state index is 4.51. The zero-order valence-electron chi connectivity index (χ0n) is 20.3. The summed E-state index contributed by atoms with van der Waals surface area (Å²) in [6.45, 7) is 21.4. The molecule has 2 heteroatoms. The summed E-state index contributed by atoms with van der Waals surface area (Å²) < 4.78 is 0. The van der Waals surface area contributed by atoms with Crippen LogP contribution in [0.5, 0.6) is 0 Å². The van der Waals surface area contributed by atoms with Crippen LogP contribution in [0, 0.1) is 12.8 Å². The van der Waals surface area contributed by atoms with Crippen molar-refractivity contribution in [3.05, 3.63) is 6.92 Å². The van der Waals surface area contributed by atoms with E-state index >= 15 is 0 Å². The lowest BCUT2D eigenvalue weighted by molar-refractivity contribution is 0.225. The van der Waals surface area contributed by atoms with Gasteiger partial charge in [0.1, 0.15) is 0 Å². The zero-order chi connectivity index (χ0) is 20.9. The molecule has 0 aromatic rings. The first kappa shape index (κ1) is 27.9. The fourth-order valence-electron chi connectivity index (χ4n) is 3.89. The molecule has 0 heterocycles. The van der Waals surface area contributed by atoms with Crippen molar-refractivity contribution in [3.63, 3.8) is 0 Å². The van der Waals surface area contributed by atoms with E-state index in [1.165, 1.54) is 129 Å². The van der Waals surface area contributed by atoms with Gasteiger partial charge in [0.25, 0.3) is 0 Å². The van der Waals surface area contributed by atoms with Crippen LogP contribution < -0.4 is 0 Å². The van der Waals surface area contributed by atoms with Gasteiger partial charge in [0.15, 0.2) is 0 Å². The van der Waals surface area contributed by atoms with Crippen molar-refractivity contribution in [2.75, 3.05) is 39.3 Å². The summed E-state index contributed by atoms with van der Waals surface area (Å²) in [5.41, 5.74) is 0. The van der Waals surface area contributed by atoms with Gasteiger partial charge in [-0.15, -0.1) is 0 Å². The van der Waals surface area contributed by atoms with Crippen molar-refractivity contribution >= 4 is 0 Å². The first-order valence-corrected chi connectivity index (χ1v) is 13.0. The molecule has 0 fully saturated rings. The van der Waals surface area contributed by atoms with Gasteiger partial charge in [-0.05, 0) is 83.7 Å². The molecule has 0 aliphatic rings. The van der Waals surface area contributed by atoms with Gasteiger partial charge in [0.05, 0.1) is 0 Å². The number of nitrogens with zero attached hydrogens (tertiary/aromatic N) is 2. The van der Waals surface area contributed by atoms with Gasteiger partial charge >= 0.3 is 0 Å². The van der Waals surface area contributed by atoms with Crippen molar-refractivity contribution in [2.24, 2.45) is 5.92 Å². The quantitative estimate of drug-likeness (QED) is 0.174. The van der Waals surface area contributed by atoms with E-state index in [1.54, 1.807) is 0 Å². The van der Waals surface area contributed by atoms with Gasteiger partial charge in [-0.25, -0.2) is 0 Å². The molecule has 0 aliphatic heterocycles. The Morgan fingerprint density at radius 3 is 1.00 bits per heavy atom. The van der Waals surface area contributed by atoms with E-state index in [-0.39, 0.29) is 0 Å². The molecule has 169 valence electrons. The van der Waals surface area contributed by atoms with Gasteiger partial charge in [0.2, 0.25) is 0 Å². The minimum Gasteiger partial charge on any atom is -0.303 e. The highest BCUT2D eigenvalue weighted by Gasteiger charge is 2.11. The van der Waals surface area contributed by atoms with Gasteiger partial charge in [-0.3, -0.25) is 0 Å². The maximum Gasteiger partial charge on any atom is -0.00161 e. The molecule has 0 aliphatic carbocycles. The van der Waals surface area contributed by atoms with Crippen LogP contribution in [-0.4, -0.2) is 49.1 Å². The Labute approximate surface area is 179 Å². The topological polar surface area (TPSA) is 6.48 Å². The third-order valence-electron chi connectivity index (χ3n) is 6.02. The van der Waals surface area contributed by atoms with Crippen molar-refractivity contribution in [3.8, 4) is 0 Å². The molecule has 0 atom stereocenters. The van der Waals surface area contributed by atoms with E-state index < -0.39 is 0 Å². The summed E-state index contributed by atoms with van der Waals surface area (Å²) in [6, 6.07) is 0. The molecule has 0 unspecified atom stereocenters. The van der Waals surface area contributed by atoms with Crippen LogP contribution in [0.3, 0.4) is 0 Å². The number of rotatable bonds is 22. The SMILES string of the molecule is [CH2]C(CCN(CCCCC)CCCCC)CCN(CCCCC)CCCCC. The highest BCUT2D eigenvalue weighted by molar-refractivity contribution is 4.69. The second-order valence-corrected chi connectivity index (χ2v) is 8.96. The van der Waals surface area contributed by atoms with Crippen LogP contribution in [-0.2, 0) is 0 Å². The molecule has 0 amide bonds. The van der Waals surface area contributed by atoms with E-state index in [0.29, 0.717) is 5.92 Å². The molecule has 0 aromatic carbocycles. The minimum absolute atomic E-state index is 0.611. The Kier molecular flexibility index (Phi) is 21.6. The minimum atomic E-state index is 0.611. The molecule has 28 heavy (non-hydrogen) atoms. The molecule has 0 spiro atoms. The van der Waals surface area contributed by atoms with Crippen LogP contribution in [0.1, 0.15) is 118 Å². The standard InChI is InChI=1S/C26H55N2/c1-6-10-14-20-27(21-15-11-7-2)24-18-26(5)19-25-28(22-16-12-8-3)23-17-13-9-4/h26H,5-25H2,1-4H3. The summed E-state index contributed by atoms with van der Waals surface area (Å²) in [4.78, 5) is 5.45. The lowest BCUT2D eigenvalue weighted by Gasteiger charge is -2.26. The third kappa shape index (κ3) is 18.0. The van der Waals surface area contributed by atoms with E-state index in [9.17, 15) is 0 Å². The maximum atomic E-state index is 4.51.